The van der Waals surface area contributed by atoms with Crippen molar-refractivity contribution in [3.63, 3.8) is 0 Å². The van der Waals surface area contributed by atoms with Gasteiger partial charge in [0.25, 0.3) is 0 Å². The van der Waals surface area contributed by atoms with Crippen molar-refractivity contribution in [1.29, 1.82) is 0 Å². The highest BCUT2D eigenvalue weighted by atomic mass is 19.1. The van der Waals surface area contributed by atoms with Gasteiger partial charge in [0.05, 0.1) is 6.04 Å². The first-order valence-corrected chi connectivity index (χ1v) is 9.28. The van der Waals surface area contributed by atoms with Crippen molar-refractivity contribution in [3.05, 3.63) is 70.9 Å². The summed E-state index contributed by atoms with van der Waals surface area (Å²) in [4.78, 5) is 18.0. The number of halogens is 2. The summed E-state index contributed by atoms with van der Waals surface area (Å²) in [5.74, 6) is -0.728. The molecule has 2 aromatic carbocycles. The van der Waals surface area contributed by atoms with Gasteiger partial charge < -0.3 is 10.2 Å². The Hall–Kier alpha value is -3.02. The third-order valence-corrected chi connectivity index (χ3v) is 5.22. The molecule has 1 aliphatic rings. The molecule has 0 saturated heterocycles. The summed E-state index contributed by atoms with van der Waals surface area (Å²) in [5, 5.41) is 4.20. The Bertz CT molecular complexity index is 1070. The molecule has 0 spiro atoms. The quantitative estimate of drug-likeness (QED) is 0.698. The Kier molecular flexibility index (Phi) is 4.71. The number of fused-ring (bicyclic) bond motifs is 2. The number of anilines is 1. The van der Waals surface area contributed by atoms with Crippen LogP contribution in [0, 0.1) is 18.6 Å². The summed E-state index contributed by atoms with van der Waals surface area (Å²) in [7, 11) is 0. The number of nitrogens with one attached hydrogen (secondary N) is 1. The molecule has 0 bridgehead atoms. The normalized spacial score (nSPS) is 16.6. The fourth-order valence-corrected chi connectivity index (χ4v) is 3.84. The summed E-state index contributed by atoms with van der Waals surface area (Å²) in [5.41, 5.74) is 3.54. The van der Waals surface area contributed by atoms with E-state index >= 15 is 0 Å². The van der Waals surface area contributed by atoms with Crippen molar-refractivity contribution in [2.75, 3.05) is 11.9 Å². The van der Waals surface area contributed by atoms with Crippen LogP contribution in [0.5, 0.6) is 0 Å². The maximum Gasteiger partial charge on any atom is 0.219 e. The molecule has 1 unspecified atom stereocenters. The van der Waals surface area contributed by atoms with Crippen molar-refractivity contribution in [3.8, 4) is 0 Å². The van der Waals surface area contributed by atoms with Crippen LogP contribution in [0.4, 0.5) is 14.5 Å². The first-order valence-electron chi connectivity index (χ1n) is 9.28. The molecular formula is C22H21F2N3O. The molecule has 1 N–H and O–H groups in total. The summed E-state index contributed by atoms with van der Waals surface area (Å²) >= 11 is 0. The van der Waals surface area contributed by atoms with Crippen molar-refractivity contribution in [1.82, 2.24) is 9.88 Å². The number of nitrogens with zero attached hydrogens (tertiary/aromatic N) is 2. The molecule has 6 heteroatoms. The van der Waals surface area contributed by atoms with E-state index in [4.69, 9.17) is 0 Å². The number of hydrogen-bond donors (Lipinski definition) is 1. The van der Waals surface area contributed by atoms with Crippen LogP contribution in [0.25, 0.3) is 10.9 Å². The number of aromatic nitrogens is 1. The van der Waals surface area contributed by atoms with Crippen LogP contribution in [-0.2, 0) is 11.3 Å². The number of pyridine rings is 1. The Balaban J connectivity index is 1.77. The first-order chi connectivity index (χ1) is 13.4. The van der Waals surface area contributed by atoms with Crippen molar-refractivity contribution in [2.45, 2.75) is 32.9 Å². The average Bonchev–Trinajstić information content (AvgIpc) is 2.82. The molecular weight excluding hydrogens is 360 g/mol. The lowest BCUT2D eigenvalue weighted by atomic mass is 9.98. The van der Waals surface area contributed by atoms with Crippen LogP contribution in [0.15, 0.2) is 42.5 Å². The average molecular weight is 381 g/mol. The Morgan fingerprint density at radius 2 is 2.04 bits per heavy atom. The Morgan fingerprint density at radius 3 is 2.82 bits per heavy atom. The van der Waals surface area contributed by atoms with Gasteiger partial charge >= 0.3 is 0 Å². The van der Waals surface area contributed by atoms with Crippen LogP contribution in [0.3, 0.4) is 0 Å². The third-order valence-electron chi connectivity index (χ3n) is 5.22. The summed E-state index contributed by atoms with van der Waals surface area (Å²) in [6.45, 7) is 4.28. The highest BCUT2D eigenvalue weighted by molar-refractivity contribution is 5.92. The van der Waals surface area contributed by atoms with E-state index in [-0.39, 0.29) is 23.6 Å². The second-order valence-electron chi connectivity index (χ2n) is 7.22. The fourth-order valence-electron chi connectivity index (χ4n) is 3.84. The summed E-state index contributed by atoms with van der Waals surface area (Å²) in [6, 6.07) is 11.3. The lowest BCUT2D eigenvalue weighted by Gasteiger charge is -2.22. The minimum absolute atomic E-state index is 0.0388. The number of benzene rings is 2. The predicted molar refractivity (Wildman–Crippen MR) is 105 cm³/mol. The molecule has 0 saturated carbocycles. The minimum atomic E-state index is -0.365. The van der Waals surface area contributed by atoms with Gasteiger partial charge in [-0.3, -0.25) is 4.79 Å². The van der Waals surface area contributed by atoms with E-state index in [0.29, 0.717) is 36.1 Å². The second-order valence-corrected chi connectivity index (χ2v) is 7.22. The molecule has 28 heavy (non-hydrogen) atoms. The lowest BCUT2D eigenvalue weighted by molar-refractivity contribution is -0.129. The molecule has 144 valence electrons. The van der Waals surface area contributed by atoms with Gasteiger partial charge in [-0.2, -0.15) is 0 Å². The molecule has 2 heterocycles. The summed E-state index contributed by atoms with van der Waals surface area (Å²) in [6.07, 6.45) is 0.663. The summed E-state index contributed by atoms with van der Waals surface area (Å²) < 4.78 is 28.1. The van der Waals surface area contributed by atoms with Gasteiger partial charge in [-0.1, -0.05) is 18.2 Å². The van der Waals surface area contributed by atoms with E-state index in [1.807, 2.05) is 19.1 Å². The smallest absolute Gasteiger partial charge is 0.219 e. The van der Waals surface area contributed by atoms with Crippen LogP contribution in [0.1, 0.15) is 36.2 Å². The van der Waals surface area contributed by atoms with Crippen molar-refractivity contribution >= 4 is 22.5 Å². The highest BCUT2D eigenvalue weighted by Gasteiger charge is 2.24. The Morgan fingerprint density at radius 1 is 1.21 bits per heavy atom. The highest BCUT2D eigenvalue weighted by Crippen LogP contribution is 2.33. The molecule has 1 aliphatic heterocycles. The number of hydrogen-bond acceptors (Lipinski definition) is 3. The van der Waals surface area contributed by atoms with Crippen molar-refractivity contribution in [2.24, 2.45) is 0 Å². The van der Waals surface area contributed by atoms with Crippen LogP contribution >= 0.6 is 0 Å². The van der Waals surface area contributed by atoms with Gasteiger partial charge in [-0.25, -0.2) is 13.8 Å². The zero-order chi connectivity index (χ0) is 19.8. The molecule has 1 atom stereocenters. The first kappa shape index (κ1) is 18.3. The van der Waals surface area contributed by atoms with E-state index in [0.717, 1.165) is 16.8 Å². The van der Waals surface area contributed by atoms with E-state index in [1.165, 1.54) is 25.1 Å². The third kappa shape index (κ3) is 3.42. The number of carbonyl (C=O) groups excluding carboxylic acids is 1. The predicted octanol–water partition coefficient (Wildman–Crippen LogP) is 4.73. The Labute approximate surface area is 162 Å². The number of amides is 1. The molecule has 0 aliphatic carbocycles. The zero-order valence-electron chi connectivity index (χ0n) is 15.8. The van der Waals surface area contributed by atoms with Gasteiger partial charge in [-0.15, -0.1) is 0 Å². The monoisotopic (exact) mass is 381 g/mol. The lowest BCUT2D eigenvalue weighted by Crippen LogP contribution is -2.28. The van der Waals surface area contributed by atoms with E-state index < -0.39 is 0 Å². The van der Waals surface area contributed by atoms with Crippen molar-refractivity contribution < 1.29 is 13.6 Å². The molecule has 3 aromatic rings. The van der Waals surface area contributed by atoms with E-state index in [1.54, 1.807) is 17.0 Å². The molecule has 0 fully saturated rings. The second kappa shape index (κ2) is 7.19. The van der Waals surface area contributed by atoms with Gasteiger partial charge in [0, 0.05) is 36.8 Å². The van der Waals surface area contributed by atoms with Gasteiger partial charge in [-0.05, 0) is 48.7 Å². The minimum Gasteiger partial charge on any atom is -0.378 e. The van der Waals surface area contributed by atoms with Gasteiger partial charge in [0.1, 0.15) is 17.2 Å². The fraction of sp³-hybridized carbons (Fsp3) is 0.273. The topological polar surface area (TPSA) is 45.2 Å². The van der Waals surface area contributed by atoms with Gasteiger partial charge in [0.2, 0.25) is 5.91 Å². The van der Waals surface area contributed by atoms with Crippen LogP contribution in [-0.4, -0.2) is 22.3 Å². The van der Waals surface area contributed by atoms with Crippen LogP contribution in [0.2, 0.25) is 0 Å². The molecule has 0 radical (unpaired) electrons. The zero-order valence-corrected chi connectivity index (χ0v) is 15.8. The van der Waals surface area contributed by atoms with E-state index in [2.05, 4.69) is 10.3 Å². The standard InChI is InChI=1S/C22H21F2N3O/c1-13-10-21(18-4-3-5-19(24)22(18)25-13)26-20-8-9-27(14(2)28)12-15-11-16(23)6-7-17(15)20/h3-7,10-11,20H,8-9,12H2,1-2H3,(H,25,26). The SMILES string of the molecule is CC(=O)N1CCC(Nc2cc(C)nc3c(F)cccc23)c2ccc(F)cc2C1. The molecule has 4 rings (SSSR count). The van der Waals surface area contributed by atoms with Crippen LogP contribution < -0.4 is 5.32 Å². The number of aryl methyl sites for hydroxylation is 1. The molecule has 1 amide bonds. The van der Waals surface area contributed by atoms with E-state index in [9.17, 15) is 13.6 Å². The van der Waals surface area contributed by atoms with Gasteiger partial charge in [0.15, 0.2) is 0 Å². The number of carbonyl (C=O) groups is 1. The number of rotatable bonds is 2. The maximum atomic E-state index is 14.2. The maximum absolute atomic E-state index is 14.2. The molecule has 1 aromatic heterocycles. The molecule has 4 nitrogen and oxygen atoms in total. The number of para-hydroxylation sites is 1. The largest absolute Gasteiger partial charge is 0.378 e.